The molecule has 0 aromatic heterocycles. The molecule has 0 amide bonds. The van der Waals surface area contributed by atoms with Gasteiger partial charge in [-0.2, -0.15) is 17.9 Å². The Balaban J connectivity index is 2.87. The third-order valence-electron chi connectivity index (χ3n) is 2.95. The molecule has 0 aromatic carbocycles. The number of nitrogens with one attached hydrogen (secondary N) is 2. The van der Waals surface area contributed by atoms with E-state index in [1.165, 1.54) is 0 Å². The summed E-state index contributed by atoms with van der Waals surface area (Å²) in [6, 6.07) is 0. The van der Waals surface area contributed by atoms with E-state index < -0.39 is 21.3 Å². The minimum atomic E-state index is -3.61. The molecule has 5 nitrogen and oxygen atoms in total. The fourth-order valence-corrected chi connectivity index (χ4v) is 4.25. The molecular formula is C11H23N3O2S2. The molecule has 18 heavy (non-hydrogen) atoms. The van der Waals surface area contributed by atoms with Crippen LogP contribution in [0.3, 0.4) is 0 Å². The third-order valence-corrected chi connectivity index (χ3v) is 4.88. The first-order chi connectivity index (χ1) is 8.06. The predicted molar refractivity (Wildman–Crippen MR) is 77.5 cm³/mol. The van der Waals surface area contributed by atoms with Gasteiger partial charge in [-0.25, -0.2) is 0 Å². The van der Waals surface area contributed by atoms with Crippen LogP contribution < -0.4 is 15.2 Å². The van der Waals surface area contributed by atoms with Gasteiger partial charge in [0.15, 0.2) is 0 Å². The summed E-state index contributed by atoms with van der Waals surface area (Å²) in [5.74, 6) is 0. The van der Waals surface area contributed by atoms with Gasteiger partial charge < -0.3 is 5.73 Å². The van der Waals surface area contributed by atoms with E-state index in [1.54, 1.807) is 20.8 Å². The molecule has 0 aliphatic heterocycles. The van der Waals surface area contributed by atoms with Crippen molar-refractivity contribution < 1.29 is 8.42 Å². The molecule has 0 bridgehead atoms. The van der Waals surface area contributed by atoms with Crippen molar-refractivity contribution in [2.24, 2.45) is 5.73 Å². The van der Waals surface area contributed by atoms with Crippen LogP contribution >= 0.6 is 12.2 Å². The van der Waals surface area contributed by atoms with Crippen molar-refractivity contribution >= 4 is 27.4 Å². The Bertz CT molecular complexity index is 406. The molecule has 1 aliphatic carbocycles. The molecule has 1 saturated carbocycles. The average molecular weight is 293 g/mol. The number of hydrogen-bond donors (Lipinski definition) is 3. The fourth-order valence-electron chi connectivity index (χ4n) is 2.24. The SMILES string of the molecule is CC(C)(C)NS(=O)(=O)NC1(C(N)=S)CCCCC1. The second-order valence-corrected chi connectivity index (χ2v) is 7.82. The highest BCUT2D eigenvalue weighted by Crippen LogP contribution is 2.29. The van der Waals surface area contributed by atoms with Crippen LogP contribution in [0.4, 0.5) is 0 Å². The molecule has 0 radical (unpaired) electrons. The maximum atomic E-state index is 12.1. The maximum Gasteiger partial charge on any atom is 0.278 e. The van der Waals surface area contributed by atoms with Gasteiger partial charge >= 0.3 is 0 Å². The average Bonchev–Trinajstić information content (AvgIpc) is 2.13. The Morgan fingerprint density at radius 1 is 1.22 bits per heavy atom. The lowest BCUT2D eigenvalue weighted by Gasteiger charge is -2.37. The van der Waals surface area contributed by atoms with Crippen LogP contribution in [0.5, 0.6) is 0 Å². The zero-order chi connectivity index (χ0) is 14.0. The summed E-state index contributed by atoms with van der Waals surface area (Å²) in [4.78, 5) is 0.237. The van der Waals surface area contributed by atoms with Crippen molar-refractivity contribution in [2.45, 2.75) is 64.0 Å². The van der Waals surface area contributed by atoms with Crippen molar-refractivity contribution in [2.75, 3.05) is 0 Å². The standard InChI is InChI=1S/C11H23N3O2S2/c1-10(2,3)13-18(15,16)14-11(9(12)17)7-5-4-6-8-11/h13-14H,4-8H2,1-3H3,(H2,12,17). The van der Waals surface area contributed by atoms with Crippen molar-refractivity contribution in [3.63, 3.8) is 0 Å². The van der Waals surface area contributed by atoms with E-state index in [1.807, 2.05) is 0 Å². The molecule has 0 heterocycles. The minimum Gasteiger partial charge on any atom is -0.392 e. The predicted octanol–water partition coefficient (Wildman–Crippen LogP) is 1.20. The molecule has 106 valence electrons. The maximum absolute atomic E-state index is 12.1. The zero-order valence-electron chi connectivity index (χ0n) is 11.2. The van der Waals surface area contributed by atoms with Crippen molar-refractivity contribution in [3.05, 3.63) is 0 Å². The van der Waals surface area contributed by atoms with Gasteiger partial charge in [-0.1, -0.05) is 31.5 Å². The molecule has 0 atom stereocenters. The second kappa shape index (κ2) is 5.40. The molecular weight excluding hydrogens is 270 g/mol. The Morgan fingerprint density at radius 3 is 2.11 bits per heavy atom. The quantitative estimate of drug-likeness (QED) is 0.680. The van der Waals surface area contributed by atoms with Crippen LogP contribution in [0.2, 0.25) is 0 Å². The van der Waals surface area contributed by atoms with Crippen LogP contribution in [0.1, 0.15) is 52.9 Å². The topological polar surface area (TPSA) is 84.2 Å². The summed E-state index contributed by atoms with van der Waals surface area (Å²) in [5, 5.41) is 0. The summed E-state index contributed by atoms with van der Waals surface area (Å²) in [6.07, 6.45) is 4.32. The normalized spacial score (nSPS) is 20.6. The summed E-state index contributed by atoms with van der Waals surface area (Å²) >= 11 is 5.06. The monoisotopic (exact) mass is 293 g/mol. The lowest BCUT2D eigenvalue weighted by atomic mass is 9.82. The van der Waals surface area contributed by atoms with E-state index in [-0.39, 0.29) is 4.99 Å². The first-order valence-corrected chi connectivity index (χ1v) is 8.08. The highest BCUT2D eigenvalue weighted by atomic mass is 32.2. The third kappa shape index (κ3) is 4.46. The highest BCUT2D eigenvalue weighted by molar-refractivity contribution is 7.87. The minimum absolute atomic E-state index is 0.237. The summed E-state index contributed by atoms with van der Waals surface area (Å²) in [7, 11) is -3.61. The molecule has 1 rings (SSSR count). The van der Waals surface area contributed by atoms with Gasteiger partial charge in [0.05, 0.1) is 10.5 Å². The molecule has 0 unspecified atom stereocenters. The summed E-state index contributed by atoms with van der Waals surface area (Å²) in [5.41, 5.74) is 4.46. The largest absolute Gasteiger partial charge is 0.392 e. The van der Waals surface area contributed by atoms with Gasteiger partial charge in [0.2, 0.25) is 0 Å². The Hall–Kier alpha value is -0.240. The van der Waals surface area contributed by atoms with Gasteiger partial charge in [-0.15, -0.1) is 0 Å². The van der Waals surface area contributed by atoms with E-state index in [4.69, 9.17) is 18.0 Å². The van der Waals surface area contributed by atoms with Crippen LogP contribution in [-0.4, -0.2) is 24.5 Å². The van der Waals surface area contributed by atoms with Gasteiger partial charge in [-0.3, -0.25) is 0 Å². The van der Waals surface area contributed by atoms with Gasteiger partial charge in [0.25, 0.3) is 10.2 Å². The Kier molecular flexibility index (Phi) is 4.75. The van der Waals surface area contributed by atoms with E-state index in [9.17, 15) is 8.42 Å². The number of hydrogen-bond acceptors (Lipinski definition) is 3. The molecule has 0 aromatic rings. The first kappa shape index (κ1) is 15.8. The summed E-state index contributed by atoms with van der Waals surface area (Å²) in [6.45, 7) is 5.38. The van der Waals surface area contributed by atoms with E-state index in [0.717, 1.165) is 19.3 Å². The van der Waals surface area contributed by atoms with Crippen LogP contribution in [0, 0.1) is 0 Å². The van der Waals surface area contributed by atoms with Crippen LogP contribution in [-0.2, 0) is 10.2 Å². The van der Waals surface area contributed by atoms with Gasteiger partial charge in [0, 0.05) is 5.54 Å². The zero-order valence-corrected chi connectivity index (χ0v) is 12.9. The Morgan fingerprint density at radius 2 is 1.72 bits per heavy atom. The molecule has 1 fully saturated rings. The van der Waals surface area contributed by atoms with E-state index >= 15 is 0 Å². The number of thiocarbonyl (C=S) groups is 1. The van der Waals surface area contributed by atoms with Crippen LogP contribution in [0.15, 0.2) is 0 Å². The van der Waals surface area contributed by atoms with E-state index in [2.05, 4.69) is 9.44 Å². The lowest BCUT2D eigenvalue weighted by molar-refractivity contribution is 0.348. The number of rotatable bonds is 4. The lowest BCUT2D eigenvalue weighted by Crippen LogP contribution is -2.61. The molecule has 0 spiro atoms. The summed E-state index contributed by atoms with van der Waals surface area (Å²) < 4.78 is 29.4. The van der Waals surface area contributed by atoms with Crippen molar-refractivity contribution in [1.29, 1.82) is 0 Å². The molecule has 4 N–H and O–H groups in total. The number of nitrogens with two attached hydrogens (primary N) is 1. The fraction of sp³-hybridized carbons (Fsp3) is 0.909. The van der Waals surface area contributed by atoms with Crippen molar-refractivity contribution in [1.82, 2.24) is 9.44 Å². The Labute approximate surface area is 115 Å². The van der Waals surface area contributed by atoms with Crippen LogP contribution in [0.25, 0.3) is 0 Å². The van der Waals surface area contributed by atoms with Crippen molar-refractivity contribution in [3.8, 4) is 0 Å². The molecule has 0 saturated heterocycles. The smallest absolute Gasteiger partial charge is 0.278 e. The molecule has 1 aliphatic rings. The molecule has 7 heteroatoms. The first-order valence-electron chi connectivity index (χ1n) is 6.19. The van der Waals surface area contributed by atoms with E-state index in [0.29, 0.717) is 12.8 Å². The van der Waals surface area contributed by atoms with Gasteiger partial charge in [-0.05, 0) is 33.6 Å². The highest BCUT2D eigenvalue weighted by Gasteiger charge is 2.39. The van der Waals surface area contributed by atoms with Gasteiger partial charge in [0.1, 0.15) is 0 Å². The second-order valence-electron chi connectivity index (χ2n) is 5.96.